The first-order valence-corrected chi connectivity index (χ1v) is 11.5. The minimum absolute atomic E-state index is 0.0403. The summed E-state index contributed by atoms with van der Waals surface area (Å²) >= 11 is 1.35. The van der Waals surface area contributed by atoms with E-state index < -0.39 is 0 Å². The number of piperazine rings is 1. The number of likely N-dealkylation sites (N-methyl/N-ethyl adjacent to an activating group) is 1. The zero-order chi connectivity index (χ0) is 23.1. The second-order valence-corrected chi connectivity index (χ2v) is 9.21. The summed E-state index contributed by atoms with van der Waals surface area (Å²) in [5.41, 5.74) is 1.96. The van der Waals surface area contributed by atoms with Crippen molar-refractivity contribution >= 4 is 39.7 Å². The summed E-state index contributed by atoms with van der Waals surface area (Å²) < 4.78 is 0.966. The van der Waals surface area contributed by atoms with E-state index in [1.165, 1.54) is 11.3 Å². The lowest BCUT2D eigenvalue weighted by Crippen LogP contribution is -2.55. The number of azo groups is 1. The van der Waals surface area contributed by atoms with Crippen molar-refractivity contribution in [3.63, 3.8) is 0 Å². The van der Waals surface area contributed by atoms with Crippen LogP contribution in [-0.4, -0.2) is 62.8 Å². The zero-order valence-corrected chi connectivity index (χ0v) is 19.9. The SMILES string of the molecule is [C-]#[N+]/C(C#N)=C/c1sc(N=Nc2ccc(N(CC)CC)cc2)nc1N1CC[N+](C)(C)CC1. The molecule has 0 radical (unpaired) electrons. The third kappa shape index (κ3) is 5.70. The lowest BCUT2D eigenvalue weighted by Gasteiger charge is -2.39. The summed E-state index contributed by atoms with van der Waals surface area (Å²) in [4.78, 5) is 13.3. The first-order valence-electron chi connectivity index (χ1n) is 10.7. The lowest BCUT2D eigenvalue weighted by molar-refractivity contribution is -0.890. The molecule has 1 aliphatic heterocycles. The Morgan fingerprint density at radius 1 is 1.25 bits per heavy atom. The molecule has 3 rings (SSSR count). The van der Waals surface area contributed by atoms with E-state index in [0.717, 1.165) is 65.8 Å². The molecule has 0 unspecified atom stereocenters. The Kier molecular flexibility index (Phi) is 7.57. The molecule has 0 bridgehead atoms. The highest BCUT2D eigenvalue weighted by molar-refractivity contribution is 7.16. The Morgan fingerprint density at radius 2 is 1.91 bits per heavy atom. The Labute approximate surface area is 194 Å². The summed E-state index contributed by atoms with van der Waals surface area (Å²) in [7, 11) is 4.44. The van der Waals surface area contributed by atoms with Crippen LogP contribution in [0.3, 0.4) is 0 Å². The number of nitrogens with zero attached hydrogens (tertiary/aromatic N) is 8. The molecule has 0 aliphatic carbocycles. The van der Waals surface area contributed by atoms with Crippen LogP contribution >= 0.6 is 11.3 Å². The van der Waals surface area contributed by atoms with E-state index in [-0.39, 0.29) is 5.70 Å². The van der Waals surface area contributed by atoms with Crippen LogP contribution in [0, 0.1) is 17.9 Å². The van der Waals surface area contributed by atoms with Crippen molar-refractivity contribution in [1.82, 2.24) is 4.98 Å². The van der Waals surface area contributed by atoms with Crippen molar-refractivity contribution in [2.24, 2.45) is 10.2 Å². The number of aromatic nitrogens is 1. The maximum absolute atomic E-state index is 9.20. The molecule has 1 fully saturated rings. The topological polar surface area (TPSA) is 72.2 Å². The van der Waals surface area contributed by atoms with Crippen LogP contribution in [0.25, 0.3) is 10.9 Å². The first kappa shape index (κ1) is 23.4. The Bertz CT molecular complexity index is 1040. The van der Waals surface area contributed by atoms with Crippen LogP contribution in [-0.2, 0) is 0 Å². The molecule has 0 saturated carbocycles. The van der Waals surface area contributed by atoms with E-state index in [2.05, 4.69) is 52.8 Å². The maximum Gasteiger partial charge on any atom is 0.263 e. The van der Waals surface area contributed by atoms with Crippen molar-refractivity contribution in [2.45, 2.75) is 13.8 Å². The Morgan fingerprint density at radius 3 is 2.47 bits per heavy atom. The number of anilines is 2. The largest absolute Gasteiger partial charge is 0.372 e. The number of hydrogen-bond donors (Lipinski definition) is 0. The van der Waals surface area contributed by atoms with Gasteiger partial charge < -0.3 is 14.3 Å². The van der Waals surface area contributed by atoms with Crippen LogP contribution in [0.5, 0.6) is 0 Å². The van der Waals surface area contributed by atoms with Gasteiger partial charge in [-0.05, 0) is 44.2 Å². The van der Waals surface area contributed by atoms with Gasteiger partial charge in [0.1, 0.15) is 5.82 Å². The molecule has 9 heteroatoms. The molecule has 1 aromatic heterocycles. The summed E-state index contributed by atoms with van der Waals surface area (Å²) in [6.07, 6.45) is 1.60. The molecule has 1 aliphatic rings. The summed E-state index contributed by atoms with van der Waals surface area (Å²) in [5.74, 6) is 0.775. The van der Waals surface area contributed by atoms with Gasteiger partial charge in [0.15, 0.2) is 0 Å². The first-order chi connectivity index (χ1) is 15.4. The van der Waals surface area contributed by atoms with Gasteiger partial charge in [0.2, 0.25) is 5.13 Å². The van der Waals surface area contributed by atoms with Crippen LogP contribution < -0.4 is 9.80 Å². The van der Waals surface area contributed by atoms with Gasteiger partial charge in [0, 0.05) is 18.8 Å². The van der Waals surface area contributed by atoms with Crippen molar-refractivity contribution in [3.05, 3.63) is 46.3 Å². The normalized spacial score (nSPS) is 16.1. The van der Waals surface area contributed by atoms with E-state index in [4.69, 9.17) is 11.6 Å². The minimum Gasteiger partial charge on any atom is -0.372 e. The van der Waals surface area contributed by atoms with E-state index in [9.17, 15) is 5.26 Å². The van der Waals surface area contributed by atoms with Crippen LogP contribution in [0.4, 0.5) is 22.3 Å². The van der Waals surface area contributed by atoms with Gasteiger partial charge >= 0.3 is 0 Å². The highest BCUT2D eigenvalue weighted by Gasteiger charge is 2.27. The van der Waals surface area contributed by atoms with E-state index in [1.807, 2.05) is 30.3 Å². The van der Waals surface area contributed by atoms with Gasteiger partial charge in [-0.15, -0.1) is 10.2 Å². The molecular weight excluding hydrogens is 420 g/mol. The number of benzene rings is 1. The molecule has 1 aromatic carbocycles. The molecule has 0 spiro atoms. The fraction of sp³-hybridized carbons (Fsp3) is 0.435. The van der Waals surface area contributed by atoms with Crippen LogP contribution in [0.15, 0.2) is 40.2 Å². The molecular formula is C23H29N8S+. The fourth-order valence-corrected chi connectivity index (χ4v) is 4.37. The standard InChI is InChI=1S/C23H29N8S/c1-6-29(7-2)20-10-8-18(9-11-20)27-28-23-26-22(21(32-23)16-19(17-24)25-3)30-12-14-31(4,5)15-13-30/h8-11,16H,6-7,12-15H2,1-2,4-5H3/q+1/b19-16+,28-27?. The van der Waals surface area contributed by atoms with Crippen LogP contribution in [0.1, 0.15) is 18.7 Å². The van der Waals surface area contributed by atoms with Gasteiger partial charge in [-0.1, -0.05) is 11.3 Å². The molecule has 2 heterocycles. The van der Waals surface area contributed by atoms with Crippen molar-refractivity contribution in [2.75, 3.05) is 63.2 Å². The summed E-state index contributed by atoms with van der Waals surface area (Å²) in [6.45, 7) is 17.1. The molecule has 166 valence electrons. The third-order valence-electron chi connectivity index (χ3n) is 5.61. The molecule has 0 amide bonds. The smallest absolute Gasteiger partial charge is 0.263 e. The van der Waals surface area contributed by atoms with Crippen LogP contribution in [0.2, 0.25) is 0 Å². The summed E-state index contributed by atoms with van der Waals surface area (Å²) in [5, 5.41) is 18.4. The molecule has 0 atom stereocenters. The monoisotopic (exact) mass is 449 g/mol. The number of quaternary nitrogens is 1. The van der Waals surface area contributed by atoms with Crippen molar-refractivity contribution in [3.8, 4) is 6.07 Å². The van der Waals surface area contributed by atoms with E-state index >= 15 is 0 Å². The average Bonchev–Trinajstić information content (AvgIpc) is 3.20. The van der Waals surface area contributed by atoms with Gasteiger partial charge in [-0.2, -0.15) is 4.98 Å². The minimum atomic E-state index is 0.0403. The van der Waals surface area contributed by atoms with Gasteiger partial charge in [-0.25, -0.2) is 10.1 Å². The quantitative estimate of drug-likeness (QED) is 0.256. The Hall–Kier alpha value is -3.27. The number of thiazole rings is 1. The Balaban J connectivity index is 1.85. The van der Waals surface area contributed by atoms with Gasteiger partial charge in [-0.3, -0.25) is 0 Å². The average molecular weight is 450 g/mol. The van der Waals surface area contributed by atoms with E-state index in [0.29, 0.717) is 5.13 Å². The van der Waals surface area contributed by atoms with E-state index in [1.54, 1.807) is 6.08 Å². The van der Waals surface area contributed by atoms with Crippen molar-refractivity contribution in [1.29, 1.82) is 5.26 Å². The predicted octanol–water partition coefficient (Wildman–Crippen LogP) is 5.08. The van der Waals surface area contributed by atoms with Gasteiger partial charge in [0.25, 0.3) is 5.70 Å². The number of nitriles is 1. The fourth-order valence-electron chi connectivity index (χ4n) is 3.53. The number of hydrogen-bond acceptors (Lipinski definition) is 7. The molecule has 8 nitrogen and oxygen atoms in total. The molecule has 32 heavy (non-hydrogen) atoms. The molecule has 2 aromatic rings. The second-order valence-electron chi connectivity index (χ2n) is 8.20. The van der Waals surface area contributed by atoms with Crippen molar-refractivity contribution < 1.29 is 4.48 Å². The second kappa shape index (κ2) is 10.4. The maximum atomic E-state index is 9.20. The molecule has 1 saturated heterocycles. The lowest BCUT2D eigenvalue weighted by atomic mass is 10.2. The highest BCUT2D eigenvalue weighted by atomic mass is 32.1. The zero-order valence-electron chi connectivity index (χ0n) is 19.1. The summed E-state index contributed by atoms with van der Waals surface area (Å²) in [6, 6.07) is 9.93. The third-order valence-corrected chi connectivity index (χ3v) is 6.48. The number of rotatable bonds is 7. The molecule has 0 N–H and O–H groups in total. The van der Waals surface area contributed by atoms with Gasteiger partial charge in [0.05, 0.1) is 63.5 Å². The highest BCUT2D eigenvalue weighted by Crippen LogP contribution is 2.35. The number of allylic oxidation sites excluding steroid dienone is 1. The predicted molar refractivity (Wildman–Crippen MR) is 131 cm³/mol.